The minimum atomic E-state index is -0.544. The predicted molar refractivity (Wildman–Crippen MR) is 115 cm³/mol. The van der Waals surface area contributed by atoms with E-state index in [4.69, 9.17) is 5.21 Å². The summed E-state index contributed by atoms with van der Waals surface area (Å²) in [6, 6.07) is 14.9. The zero-order valence-electron chi connectivity index (χ0n) is 16.9. The van der Waals surface area contributed by atoms with E-state index in [1.165, 1.54) is 22.8 Å². The summed E-state index contributed by atoms with van der Waals surface area (Å²) in [6.45, 7) is 0.128. The van der Waals surface area contributed by atoms with Crippen LogP contribution in [0.4, 0.5) is 5.69 Å². The SMILES string of the molecule is CN(C)c1ccc(C(CCO)NC2CCc3cc(C=CC(=O)NO)ccc32)cc1. The largest absolute Gasteiger partial charge is 0.396 e. The minimum Gasteiger partial charge on any atom is -0.396 e. The molecule has 1 aliphatic carbocycles. The van der Waals surface area contributed by atoms with Crippen LogP contribution in [-0.2, 0) is 11.2 Å². The maximum absolute atomic E-state index is 11.2. The number of rotatable bonds is 8. The Balaban J connectivity index is 1.74. The Hall–Kier alpha value is -2.67. The molecule has 29 heavy (non-hydrogen) atoms. The van der Waals surface area contributed by atoms with Crippen molar-refractivity contribution in [3.05, 3.63) is 70.8 Å². The second-order valence-corrected chi connectivity index (χ2v) is 7.58. The van der Waals surface area contributed by atoms with Gasteiger partial charge in [-0.05, 0) is 59.7 Å². The maximum atomic E-state index is 11.2. The van der Waals surface area contributed by atoms with Crippen molar-refractivity contribution >= 4 is 17.7 Å². The fourth-order valence-electron chi connectivity index (χ4n) is 3.85. The Kier molecular flexibility index (Phi) is 7.04. The average molecular weight is 396 g/mol. The van der Waals surface area contributed by atoms with Gasteiger partial charge in [0.2, 0.25) is 0 Å². The summed E-state index contributed by atoms with van der Waals surface area (Å²) >= 11 is 0. The highest BCUT2D eigenvalue weighted by Gasteiger charge is 2.25. The van der Waals surface area contributed by atoms with Crippen molar-refractivity contribution in [3.63, 3.8) is 0 Å². The fourth-order valence-corrected chi connectivity index (χ4v) is 3.85. The molecule has 0 radical (unpaired) electrons. The van der Waals surface area contributed by atoms with E-state index in [0.29, 0.717) is 6.42 Å². The third-order valence-electron chi connectivity index (χ3n) is 5.41. The van der Waals surface area contributed by atoms with E-state index in [-0.39, 0.29) is 18.7 Å². The summed E-state index contributed by atoms with van der Waals surface area (Å²) in [5, 5.41) is 21.9. The van der Waals surface area contributed by atoms with E-state index in [2.05, 4.69) is 46.6 Å². The summed E-state index contributed by atoms with van der Waals surface area (Å²) in [6.07, 6.45) is 5.61. The van der Waals surface area contributed by atoms with Gasteiger partial charge < -0.3 is 15.3 Å². The number of aliphatic hydroxyl groups excluding tert-OH is 1. The molecule has 2 atom stereocenters. The van der Waals surface area contributed by atoms with Crippen molar-refractivity contribution in [1.29, 1.82) is 0 Å². The van der Waals surface area contributed by atoms with Gasteiger partial charge in [-0.15, -0.1) is 0 Å². The zero-order chi connectivity index (χ0) is 20.8. The molecule has 0 saturated carbocycles. The highest BCUT2D eigenvalue weighted by atomic mass is 16.5. The third kappa shape index (κ3) is 5.23. The number of carbonyl (C=O) groups is 1. The molecule has 0 aromatic heterocycles. The first-order chi connectivity index (χ1) is 14.0. The topological polar surface area (TPSA) is 84.8 Å². The lowest BCUT2D eigenvalue weighted by Gasteiger charge is -2.24. The minimum absolute atomic E-state index is 0.0833. The van der Waals surface area contributed by atoms with Crippen LogP contribution in [0.1, 0.15) is 47.2 Å². The molecule has 6 nitrogen and oxygen atoms in total. The van der Waals surface area contributed by atoms with Crippen molar-refractivity contribution in [2.24, 2.45) is 0 Å². The van der Waals surface area contributed by atoms with Crippen molar-refractivity contribution in [1.82, 2.24) is 10.8 Å². The normalized spacial score (nSPS) is 16.6. The van der Waals surface area contributed by atoms with Crippen molar-refractivity contribution in [2.45, 2.75) is 31.3 Å². The van der Waals surface area contributed by atoms with Crippen LogP contribution >= 0.6 is 0 Å². The zero-order valence-corrected chi connectivity index (χ0v) is 16.9. The number of carbonyl (C=O) groups excluding carboxylic acids is 1. The van der Waals surface area contributed by atoms with Gasteiger partial charge in [0.1, 0.15) is 0 Å². The number of nitrogens with one attached hydrogen (secondary N) is 2. The number of aliphatic hydroxyl groups is 1. The predicted octanol–water partition coefficient (Wildman–Crippen LogP) is 2.97. The first-order valence-corrected chi connectivity index (χ1v) is 9.91. The molecule has 0 fully saturated rings. The molecule has 1 aliphatic rings. The van der Waals surface area contributed by atoms with Gasteiger partial charge in [0.05, 0.1) is 0 Å². The Bertz CT molecular complexity index is 862. The molecular weight excluding hydrogens is 366 g/mol. The van der Waals surface area contributed by atoms with Crippen LogP contribution in [0.15, 0.2) is 48.5 Å². The fraction of sp³-hybridized carbons (Fsp3) is 0.348. The van der Waals surface area contributed by atoms with E-state index in [0.717, 1.165) is 24.1 Å². The number of amides is 1. The third-order valence-corrected chi connectivity index (χ3v) is 5.41. The first kappa shape index (κ1) is 21.0. The number of fused-ring (bicyclic) bond motifs is 1. The molecular formula is C23H29N3O3. The smallest absolute Gasteiger partial charge is 0.267 e. The molecule has 0 spiro atoms. The Morgan fingerprint density at radius 2 is 2.00 bits per heavy atom. The second kappa shape index (κ2) is 9.69. The van der Waals surface area contributed by atoms with Gasteiger partial charge in [0.15, 0.2) is 0 Å². The van der Waals surface area contributed by atoms with Crippen molar-refractivity contribution in [3.8, 4) is 0 Å². The van der Waals surface area contributed by atoms with E-state index >= 15 is 0 Å². The number of hydrogen-bond donors (Lipinski definition) is 4. The molecule has 0 aliphatic heterocycles. The van der Waals surface area contributed by atoms with Crippen molar-refractivity contribution in [2.75, 3.05) is 25.6 Å². The number of hydroxylamine groups is 1. The van der Waals surface area contributed by atoms with E-state index in [1.54, 1.807) is 11.6 Å². The lowest BCUT2D eigenvalue weighted by Crippen LogP contribution is -2.26. The molecule has 2 unspecified atom stereocenters. The number of anilines is 1. The van der Waals surface area contributed by atoms with Crippen LogP contribution in [0, 0.1) is 0 Å². The molecule has 2 aromatic carbocycles. The second-order valence-electron chi connectivity index (χ2n) is 7.58. The monoisotopic (exact) mass is 395 g/mol. The Morgan fingerprint density at radius 3 is 2.66 bits per heavy atom. The first-order valence-electron chi connectivity index (χ1n) is 9.91. The van der Waals surface area contributed by atoms with Gasteiger partial charge in [-0.25, -0.2) is 5.48 Å². The quantitative estimate of drug-likeness (QED) is 0.314. The maximum Gasteiger partial charge on any atom is 0.267 e. The van der Waals surface area contributed by atoms with Crippen LogP contribution in [0.5, 0.6) is 0 Å². The average Bonchev–Trinajstić information content (AvgIpc) is 3.13. The van der Waals surface area contributed by atoms with Gasteiger partial charge >= 0.3 is 0 Å². The number of benzene rings is 2. The van der Waals surface area contributed by atoms with Gasteiger partial charge in [0, 0.05) is 44.5 Å². The molecule has 1 amide bonds. The molecule has 6 heteroatoms. The highest BCUT2D eigenvalue weighted by Crippen LogP contribution is 2.34. The van der Waals surface area contributed by atoms with Crippen molar-refractivity contribution < 1.29 is 15.1 Å². The number of hydrogen-bond acceptors (Lipinski definition) is 5. The van der Waals surface area contributed by atoms with Gasteiger partial charge in [-0.2, -0.15) is 0 Å². The number of nitrogens with zero attached hydrogens (tertiary/aromatic N) is 1. The highest BCUT2D eigenvalue weighted by molar-refractivity contribution is 5.90. The molecule has 0 bridgehead atoms. The van der Waals surface area contributed by atoms with E-state index in [1.807, 2.05) is 20.2 Å². The van der Waals surface area contributed by atoms with Crippen LogP contribution in [-0.4, -0.2) is 36.9 Å². The van der Waals surface area contributed by atoms with E-state index < -0.39 is 5.91 Å². The van der Waals surface area contributed by atoms with Gasteiger partial charge in [0.25, 0.3) is 5.91 Å². The lowest BCUT2D eigenvalue weighted by atomic mass is 10.00. The van der Waals surface area contributed by atoms with Crippen LogP contribution in [0.2, 0.25) is 0 Å². The summed E-state index contributed by atoms with van der Waals surface area (Å²) in [7, 11) is 4.04. The number of aryl methyl sites for hydroxylation is 1. The van der Waals surface area contributed by atoms with Gasteiger partial charge in [-0.1, -0.05) is 30.3 Å². The van der Waals surface area contributed by atoms with Crippen LogP contribution in [0.25, 0.3) is 6.08 Å². The summed E-state index contributed by atoms with van der Waals surface area (Å²) in [5.74, 6) is -0.544. The van der Waals surface area contributed by atoms with Gasteiger partial charge in [-0.3, -0.25) is 10.0 Å². The Morgan fingerprint density at radius 1 is 1.24 bits per heavy atom. The standard InChI is InChI=1S/C23H29N3O3/c1-26(2)19-8-5-17(6-9-19)21(13-14-27)24-22-11-7-18-15-16(3-10-20(18)22)4-12-23(28)25-29/h3-6,8-10,12,15,21-22,24,27,29H,7,11,13-14H2,1-2H3,(H,25,28). The summed E-state index contributed by atoms with van der Waals surface area (Å²) < 4.78 is 0. The molecule has 0 heterocycles. The summed E-state index contributed by atoms with van der Waals surface area (Å²) in [5.41, 5.74) is 7.38. The molecule has 2 aromatic rings. The van der Waals surface area contributed by atoms with Crippen LogP contribution in [0.3, 0.4) is 0 Å². The molecule has 4 N–H and O–H groups in total. The molecule has 0 saturated heterocycles. The van der Waals surface area contributed by atoms with Crippen LogP contribution < -0.4 is 15.7 Å². The lowest BCUT2D eigenvalue weighted by molar-refractivity contribution is -0.124. The Labute approximate surface area is 171 Å². The summed E-state index contributed by atoms with van der Waals surface area (Å²) in [4.78, 5) is 13.2. The molecule has 154 valence electrons. The van der Waals surface area contributed by atoms with E-state index in [9.17, 15) is 9.90 Å². The molecule has 3 rings (SSSR count).